The van der Waals surface area contributed by atoms with Gasteiger partial charge in [-0.3, -0.25) is 4.98 Å². The summed E-state index contributed by atoms with van der Waals surface area (Å²) in [6.07, 6.45) is 3.24. The van der Waals surface area contributed by atoms with Crippen molar-refractivity contribution >= 4 is 21.6 Å². The highest BCUT2D eigenvalue weighted by atomic mass is 79.9. The maximum Gasteiger partial charge on any atom is 0.147 e. The van der Waals surface area contributed by atoms with Gasteiger partial charge in [-0.2, -0.15) is 0 Å². The van der Waals surface area contributed by atoms with Gasteiger partial charge in [0, 0.05) is 23.7 Å². The second kappa shape index (κ2) is 5.14. The molecule has 0 aliphatic heterocycles. The van der Waals surface area contributed by atoms with E-state index in [1.165, 1.54) is 12.1 Å². The van der Waals surface area contributed by atoms with Crippen molar-refractivity contribution in [1.82, 2.24) is 4.98 Å². The molecule has 0 bridgehead atoms. The molecule has 0 atom stereocenters. The number of hydrogen-bond acceptors (Lipinski definition) is 3. The van der Waals surface area contributed by atoms with Gasteiger partial charge in [0.2, 0.25) is 0 Å². The largest absolute Gasteiger partial charge is 0.456 e. The van der Waals surface area contributed by atoms with Crippen LogP contribution in [-0.4, -0.2) is 12.0 Å². The van der Waals surface area contributed by atoms with Crippen LogP contribution in [-0.2, 0) is 0 Å². The van der Waals surface area contributed by atoms with Gasteiger partial charge in [0.15, 0.2) is 0 Å². The van der Waals surface area contributed by atoms with Crippen LogP contribution in [0.25, 0.3) is 0 Å². The zero-order chi connectivity index (χ0) is 12.3. The molecule has 0 amide bonds. The number of nitrogens with one attached hydrogen (secondary N) is 1. The third-order valence-electron chi connectivity index (χ3n) is 2.07. The van der Waals surface area contributed by atoms with Gasteiger partial charge in [0.1, 0.15) is 17.3 Å². The average Bonchev–Trinajstić information content (AvgIpc) is 2.28. The minimum absolute atomic E-state index is 0.355. The zero-order valence-electron chi connectivity index (χ0n) is 9.08. The normalized spacial score (nSPS) is 10.1. The average molecular weight is 297 g/mol. The quantitative estimate of drug-likeness (QED) is 0.935. The summed E-state index contributed by atoms with van der Waals surface area (Å²) < 4.78 is 19.3. The zero-order valence-corrected chi connectivity index (χ0v) is 10.7. The van der Waals surface area contributed by atoms with Gasteiger partial charge in [-0.15, -0.1) is 0 Å². The van der Waals surface area contributed by atoms with E-state index in [1.807, 2.05) is 0 Å². The molecule has 0 saturated carbocycles. The lowest BCUT2D eigenvalue weighted by Crippen LogP contribution is -1.91. The predicted octanol–water partition coefficient (Wildman–Crippen LogP) is 3.82. The molecule has 0 unspecified atom stereocenters. The molecule has 5 heteroatoms. The molecule has 1 N–H and O–H groups in total. The Morgan fingerprint density at radius 2 is 2.00 bits per heavy atom. The van der Waals surface area contributed by atoms with E-state index in [1.54, 1.807) is 31.6 Å². The molecule has 88 valence electrons. The lowest BCUT2D eigenvalue weighted by molar-refractivity contribution is 0.474. The van der Waals surface area contributed by atoms with Crippen molar-refractivity contribution in [3.8, 4) is 11.5 Å². The van der Waals surface area contributed by atoms with Gasteiger partial charge >= 0.3 is 0 Å². The number of ether oxygens (including phenoxy) is 1. The summed E-state index contributed by atoms with van der Waals surface area (Å²) in [7, 11) is 1.79. The smallest absolute Gasteiger partial charge is 0.147 e. The van der Waals surface area contributed by atoms with Crippen molar-refractivity contribution in [2.45, 2.75) is 0 Å². The van der Waals surface area contributed by atoms with E-state index >= 15 is 0 Å². The van der Waals surface area contributed by atoms with E-state index < -0.39 is 0 Å². The van der Waals surface area contributed by atoms with Crippen LogP contribution in [0.5, 0.6) is 11.5 Å². The molecule has 2 aromatic rings. The number of nitrogens with zero attached hydrogens (tertiary/aromatic N) is 1. The lowest BCUT2D eigenvalue weighted by Gasteiger charge is -2.07. The van der Waals surface area contributed by atoms with Crippen LogP contribution < -0.4 is 10.1 Å². The molecule has 0 spiro atoms. The molecule has 17 heavy (non-hydrogen) atoms. The molecule has 1 aromatic carbocycles. The molecule has 0 saturated heterocycles. The molecule has 1 heterocycles. The summed E-state index contributed by atoms with van der Waals surface area (Å²) in [6, 6.07) is 6.16. The minimum atomic E-state index is -0.355. The summed E-state index contributed by atoms with van der Waals surface area (Å²) in [5.41, 5.74) is 0.831. The van der Waals surface area contributed by atoms with Crippen molar-refractivity contribution in [3.05, 3.63) is 46.9 Å². The van der Waals surface area contributed by atoms with Crippen molar-refractivity contribution in [2.75, 3.05) is 12.4 Å². The van der Waals surface area contributed by atoms with Crippen LogP contribution in [0.15, 0.2) is 41.1 Å². The lowest BCUT2D eigenvalue weighted by atomic mass is 10.3. The highest BCUT2D eigenvalue weighted by molar-refractivity contribution is 9.10. The molecule has 0 fully saturated rings. The van der Waals surface area contributed by atoms with Crippen molar-refractivity contribution in [2.24, 2.45) is 0 Å². The number of benzene rings is 1. The fourth-order valence-corrected chi connectivity index (χ4v) is 1.78. The van der Waals surface area contributed by atoms with Gasteiger partial charge in [0.25, 0.3) is 0 Å². The van der Waals surface area contributed by atoms with Crippen molar-refractivity contribution < 1.29 is 9.13 Å². The first-order chi connectivity index (χ1) is 8.17. The first kappa shape index (κ1) is 11.9. The Labute approximate surface area is 107 Å². The Balaban J connectivity index is 2.24. The Morgan fingerprint density at radius 1 is 1.18 bits per heavy atom. The molecular weight excluding hydrogens is 287 g/mol. The molecular formula is C12H10BrFN2O. The number of pyridine rings is 1. The van der Waals surface area contributed by atoms with Gasteiger partial charge < -0.3 is 10.1 Å². The van der Waals surface area contributed by atoms with Gasteiger partial charge in [-0.1, -0.05) is 15.9 Å². The monoisotopic (exact) mass is 296 g/mol. The number of halogens is 2. The van der Waals surface area contributed by atoms with Gasteiger partial charge in [-0.25, -0.2) is 4.39 Å². The van der Waals surface area contributed by atoms with Crippen LogP contribution in [0, 0.1) is 5.82 Å². The van der Waals surface area contributed by atoms with Gasteiger partial charge in [0.05, 0.1) is 18.1 Å². The third kappa shape index (κ3) is 3.17. The maximum absolute atomic E-state index is 13.1. The summed E-state index contributed by atoms with van der Waals surface area (Å²) in [5, 5.41) is 2.95. The molecule has 1 aromatic heterocycles. The highest BCUT2D eigenvalue weighted by Gasteiger charge is 2.02. The number of hydrogen-bond donors (Lipinski definition) is 1. The van der Waals surface area contributed by atoms with Crippen LogP contribution >= 0.6 is 15.9 Å². The summed E-state index contributed by atoms with van der Waals surface area (Å²) >= 11 is 3.21. The van der Waals surface area contributed by atoms with Crippen LogP contribution in [0.2, 0.25) is 0 Å². The second-order valence-corrected chi connectivity index (χ2v) is 4.28. The predicted molar refractivity (Wildman–Crippen MR) is 68.0 cm³/mol. The van der Waals surface area contributed by atoms with E-state index in [0.717, 1.165) is 5.69 Å². The summed E-state index contributed by atoms with van der Waals surface area (Å²) in [6.45, 7) is 0. The van der Waals surface area contributed by atoms with E-state index in [2.05, 4.69) is 26.2 Å². The SMILES string of the molecule is CNc1cncc(Oc2cc(F)cc(Br)c2)c1. The third-order valence-corrected chi connectivity index (χ3v) is 2.53. The number of aromatic nitrogens is 1. The Kier molecular flexibility index (Phi) is 3.58. The molecule has 0 radical (unpaired) electrons. The Hall–Kier alpha value is -1.62. The van der Waals surface area contributed by atoms with Crippen molar-refractivity contribution in [3.63, 3.8) is 0 Å². The van der Waals surface area contributed by atoms with Crippen LogP contribution in [0.1, 0.15) is 0 Å². The van der Waals surface area contributed by atoms with E-state index in [-0.39, 0.29) is 5.82 Å². The second-order valence-electron chi connectivity index (χ2n) is 3.37. The van der Waals surface area contributed by atoms with E-state index in [9.17, 15) is 4.39 Å². The first-order valence-corrected chi connectivity index (χ1v) is 5.73. The Morgan fingerprint density at radius 3 is 2.71 bits per heavy atom. The van der Waals surface area contributed by atoms with Crippen molar-refractivity contribution in [1.29, 1.82) is 0 Å². The number of anilines is 1. The minimum Gasteiger partial charge on any atom is -0.456 e. The number of rotatable bonds is 3. The van der Waals surface area contributed by atoms with Crippen LogP contribution in [0.3, 0.4) is 0 Å². The standard InChI is InChI=1S/C12H10BrFN2O/c1-15-10-5-12(7-16-6-10)17-11-3-8(13)2-9(14)4-11/h2-7,15H,1H3. The molecule has 3 nitrogen and oxygen atoms in total. The first-order valence-electron chi connectivity index (χ1n) is 4.94. The molecule has 0 aliphatic rings. The highest BCUT2D eigenvalue weighted by Crippen LogP contribution is 2.26. The van der Waals surface area contributed by atoms with E-state index in [4.69, 9.17) is 4.74 Å². The summed E-state index contributed by atoms with van der Waals surface area (Å²) in [4.78, 5) is 4.00. The Bertz CT molecular complexity index is 513. The topological polar surface area (TPSA) is 34.2 Å². The summed E-state index contributed by atoms with van der Waals surface area (Å²) in [5.74, 6) is 0.619. The van der Waals surface area contributed by atoms with Crippen LogP contribution in [0.4, 0.5) is 10.1 Å². The molecule has 2 rings (SSSR count). The van der Waals surface area contributed by atoms with Gasteiger partial charge in [-0.05, 0) is 12.1 Å². The fourth-order valence-electron chi connectivity index (χ4n) is 1.33. The van der Waals surface area contributed by atoms with E-state index in [0.29, 0.717) is 16.0 Å². The fraction of sp³-hybridized carbons (Fsp3) is 0.0833. The molecule has 0 aliphatic carbocycles. The maximum atomic E-state index is 13.1.